The Morgan fingerprint density at radius 1 is 1.04 bits per heavy atom. The molecule has 1 heterocycles. The van der Waals surface area contributed by atoms with Crippen molar-refractivity contribution in [1.29, 1.82) is 0 Å². The Labute approximate surface area is 142 Å². The smallest absolute Gasteiger partial charge is 0.337 e. The van der Waals surface area contributed by atoms with Gasteiger partial charge < -0.3 is 19.9 Å². The number of hydrogen-bond acceptors (Lipinski definition) is 4. The molecule has 3 rings (SSSR count). The van der Waals surface area contributed by atoms with E-state index in [1.54, 1.807) is 12.1 Å². The fourth-order valence-corrected chi connectivity index (χ4v) is 3.43. The van der Waals surface area contributed by atoms with Crippen molar-refractivity contribution in [1.82, 2.24) is 10.2 Å². The van der Waals surface area contributed by atoms with Crippen molar-refractivity contribution >= 4 is 17.7 Å². The van der Waals surface area contributed by atoms with Crippen LogP contribution in [0, 0.1) is 0 Å². The number of piperazine rings is 1. The van der Waals surface area contributed by atoms with E-state index in [2.05, 4.69) is 10.2 Å². The van der Waals surface area contributed by atoms with Gasteiger partial charge in [0, 0.05) is 37.9 Å². The van der Waals surface area contributed by atoms with Crippen LogP contribution in [0.4, 0.5) is 10.5 Å². The van der Waals surface area contributed by atoms with Gasteiger partial charge in [0.25, 0.3) is 0 Å². The van der Waals surface area contributed by atoms with E-state index in [0.717, 1.165) is 44.7 Å². The maximum atomic E-state index is 12.3. The summed E-state index contributed by atoms with van der Waals surface area (Å²) in [4.78, 5) is 27.9. The Morgan fingerprint density at radius 3 is 2.25 bits per heavy atom. The lowest BCUT2D eigenvalue weighted by Crippen LogP contribution is -2.53. The fourth-order valence-electron chi connectivity index (χ4n) is 3.43. The van der Waals surface area contributed by atoms with Gasteiger partial charge >= 0.3 is 12.0 Å². The van der Waals surface area contributed by atoms with Crippen LogP contribution >= 0.6 is 0 Å². The summed E-state index contributed by atoms with van der Waals surface area (Å²) in [6.45, 7) is 3.04. The molecule has 1 saturated carbocycles. The molecule has 2 aliphatic rings. The summed E-state index contributed by atoms with van der Waals surface area (Å²) < 4.78 is 4.71. The number of ether oxygens (including phenoxy) is 1. The van der Waals surface area contributed by atoms with Crippen molar-refractivity contribution in [3.05, 3.63) is 29.8 Å². The molecule has 0 bridgehead atoms. The average molecular weight is 331 g/mol. The molecule has 0 radical (unpaired) electrons. The molecule has 2 fully saturated rings. The van der Waals surface area contributed by atoms with Crippen molar-refractivity contribution in [2.75, 3.05) is 38.2 Å². The first kappa shape index (κ1) is 16.6. The molecule has 1 aliphatic heterocycles. The number of esters is 1. The maximum Gasteiger partial charge on any atom is 0.337 e. The van der Waals surface area contributed by atoms with E-state index in [-0.39, 0.29) is 12.0 Å². The molecule has 1 saturated heterocycles. The molecule has 2 amide bonds. The minimum absolute atomic E-state index is 0.0718. The van der Waals surface area contributed by atoms with E-state index in [0.29, 0.717) is 11.6 Å². The Kier molecular flexibility index (Phi) is 5.23. The molecule has 6 nitrogen and oxygen atoms in total. The van der Waals surface area contributed by atoms with E-state index in [1.807, 2.05) is 17.0 Å². The number of benzene rings is 1. The summed E-state index contributed by atoms with van der Waals surface area (Å²) in [5.41, 5.74) is 1.62. The van der Waals surface area contributed by atoms with Crippen LogP contribution in [0.5, 0.6) is 0 Å². The van der Waals surface area contributed by atoms with Crippen LogP contribution in [-0.2, 0) is 4.74 Å². The highest BCUT2D eigenvalue weighted by Gasteiger charge is 2.24. The summed E-state index contributed by atoms with van der Waals surface area (Å²) in [5.74, 6) is -0.324. The maximum absolute atomic E-state index is 12.3. The molecule has 1 aromatic rings. The first-order valence-corrected chi connectivity index (χ1v) is 8.66. The van der Waals surface area contributed by atoms with Gasteiger partial charge in [-0.2, -0.15) is 0 Å². The van der Waals surface area contributed by atoms with Crippen molar-refractivity contribution < 1.29 is 14.3 Å². The average Bonchev–Trinajstić information content (AvgIpc) is 3.14. The second kappa shape index (κ2) is 7.55. The van der Waals surface area contributed by atoms with Crippen molar-refractivity contribution in [2.45, 2.75) is 31.7 Å². The minimum atomic E-state index is -0.324. The number of carbonyl (C=O) groups is 2. The third kappa shape index (κ3) is 3.80. The molecule has 0 atom stereocenters. The van der Waals surface area contributed by atoms with Gasteiger partial charge in [0.05, 0.1) is 12.7 Å². The monoisotopic (exact) mass is 331 g/mol. The SMILES string of the molecule is COC(=O)c1ccc(N2CCN(C(=O)NC3CCCC3)CC2)cc1. The highest BCUT2D eigenvalue weighted by Crippen LogP contribution is 2.20. The number of urea groups is 1. The quantitative estimate of drug-likeness (QED) is 0.863. The van der Waals surface area contributed by atoms with Gasteiger partial charge in [-0.3, -0.25) is 0 Å². The lowest BCUT2D eigenvalue weighted by Gasteiger charge is -2.36. The van der Waals surface area contributed by atoms with Gasteiger partial charge in [0.2, 0.25) is 0 Å². The molecule has 1 aromatic carbocycles. The summed E-state index contributed by atoms with van der Waals surface area (Å²) in [6, 6.07) is 7.85. The van der Waals surface area contributed by atoms with E-state index in [1.165, 1.54) is 20.0 Å². The van der Waals surface area contributed by atoms with E-state index >= 15 is 0 Å². The summed E-state index contributed by atoms with van der Waals surface area (Å²) in [5, 5.41) is 3.15. The summed E-state index contributed by atoms with van der Waals surface area (Å²) >= 11 is 0. The van der Waals surface area contributed by atoms with Gasteiger partial charge in [0.1, 0.15) is 0 Å². The third-order valence-electron chi connectivity index (χ3n) is 4.90. The second-order valence-electron chi connectivity index (χ2n) is 6.44. The van der Waals surface area contributed by atoms with E-state index in [9.17, 15) is 9.59 Å². The molecular formula is C18H25N3O3. The first-order valence-electron chi connectivity index (χ1n) is 8.66. The molecule has 0 spiro atoms. The third-order valence-corrected chi connectivity index (χ3v) is 4.90. The molecule has 1 N–H and O–H groups in total. The number of nitrogens with zero attached hydrogens (tertiary/aromatic N) is 2. The normalized spacial score (nSPS) is 18.5. The lowest BCUT2D eigenvalue weighted by molar-refractivity contribution is 0.0600. The zero-order chi connectivity index (χ0) is 16.9. The van der Waals surface area contributed by atoms with Crippen LogP contribution in [0.3, 0.4) is 0 Å². The second-order valence-corrected chi connectivity index (χ2v) is 6.44. The number of methoxy groups -OCH3 is 1. The lowest BCUT2D eigenvalue weighted by atomic mass is 10.2. The van der Waals surface area contributed by atoms with Gasteiger partial charge in [-0.1, -0.05) is 12.8 Å². The standard InChI is InChI=1S/C18H25N3O3/c1-24-17(22)14-6-8-16(9-7-14)20-10-12-21(13-11-20)18(23)19-15-4-2-3-5-15/h6-9,15H,2-5,10-13H2,1H3,(H,19,23). The Bertz CT molecular complexity index is 574. The molecule has 130 valence electrons. The predicted molar refractivity (Wildman–Crippen MR) is 92.4 cm³/mol. The van der Waals surface area contributed by atoms with Gasteiger partial charge in [-0.25, -0.2) is 9.59 Å². The molecule has 6 heteroatoms. The van der Waals surface area contributed by atoms with Crippen LogP contribution in [0.1, 0.15) is 36.0 Å². The number of anilines is 1. The Balaban J connectivity index is 1.51. The van der Waals surface area contributed by atoms with Crippen molar-refractivity contribution in [3.8, 4) is 0 Å². The number of nitrogens with one attached hydrogen (secondary N) is 1. The first-order chi connectivity index (χ1) is 11.7. The molecular weight excluding hydrogens is 306 g/mol. The van der Waals surface area contributed by atoms with Gasteiger partial charge in [-0.05, 0) is 37.1 Å². The molecule has 0 unspecified atom stereocenters. The minimum Gasteiger partial charge on any atom is -0.465 e. The van der Waals surface area contributed by atoms with Crippen molar-refractivity contribution in [2.24, 2.45) is 0 Å². The molecule has 24 heavy (non-hydrogen) atoms. The van der Waals surface area contributed by atoms with Crippen LogP contribution in [0.2, 0.25) is 0 Å². The van der Waals surface area contributed by atoms with Crippen LogP contribution < -0.4 is 10.2 Å². The Morgan fingerprint density at radius 2 is 1.67 bits per heavy atom. The highest BCUT2D eigenvalue weighted by molar-refractivity contribution is 5.89. The van der Waals surface area contributed by atoms with Crippen LogP contribution in [0.25, 0.3) is 0 Å². The topological polar surface area (TPSA) is 61.9 Å². The number of amides is 2. The van der Waals surface area contributed by atoms with Crippen LogP contribution in [-0.4, -0.2) is 56.2 Å². The molecule has 1 aliphatic carbocycles. The largest absolute Gasteiger partial charge is 0.465 e. The fraction of sp³-hybridized carbons (Fsp3) is 0.556. The zero-order valence-corrected chi connectivity index (χ0v) is 14.2. The summed E-state index contributed by atoms with van der Waals surface area (Å²) in [7, 11) is 1.38. The van der Waals surface area contributed by atoms with Crippen LogP contribution in [0.15, 0.2) is 24.3 Å². The summed E-state index contributed by atoms with van der Waals surface area (Å²) in [6.07, 6.45) is 4.66. The highest BCUT2D eigenvalue weighted by atomic mass is 16.5. The number of hydrogen-bond donors (Lipinski definition) is 1. The van der Waals surface area contributed by atoms with E-state index < -0.39 is 0 Å². The van der Waals surface area contributed by atoms with Crippen molar-refractivity contribution in [3.63, 3.8) is 0 Å². The number of rotatable bonds is 3. The Hall–Kier alpha value is -2.24. The van der Waals surface area contributed by atoms with Gasteiger partial charge in [0.15, 0.2) is 0 Å². The number of carbonyl (C=O) groups excluding carboxylic acids is 2. The molecule has 0 aromatic heterocycles. The zero-order valence-electron chi connectivity index (χ0n) is 14.2. The van der Waals surface area contributed by atoms with Gasteiger partial charge in [-0.15, -0.1) is 0 Å². The predicted octanol–water partition coefficient (Wildman–Crippen LogP) is 2.25. The van der Waals surface area contributed by atoms with E-state index in [4.69, 9.17) is 4.74 Å².